The summed E-state index contributed by atoms with van der Waals surface area (Å²) in [5.41, 5.74) is 2.75. The van der Waals surface area contributed by atoms with Crippen molar-refractivity contribution >= 4 is 0 Å². The third-order valence-electron chi connectivity index (χ3n) is 3.74. The molecule has 16 heavy (non-hydrogen) atoms. The predicted octanol–water partition coefficient (Wildman–Crippen LogP) is 4.46. The van der Waals surface area contributed by atoms with Crippen molar-refractivity contribution in [1.29, 1.82) is 0 Å². The van der Waals surface area contributed by atoms with Crippen molar-refractivity contribution in [2.24, 2.45) is 5.92 Å². The number of benzene rings is 1. The van der Waals surface area contributed by atoms with Crippen molar-refractivity contribution in [3.05, 3.63) is 35.4 Å². The standard InChI is InChI=1S/C15H21F/c1-12-2-4-13(5-3-12)6-7-14-8-10-15(16)11-9-14/h2-5,14-15H,6-11H2,1H3. The summed E-state index contributed by atoms with van der Waals surface area (Å²) in [5, 5.41) is 0. The van der Waals surface area contributed by atoms with E-state index in [2.05, 4.69) is 31.2 Å². The molecular formula is C15H21F. The van der Waals surface area contributed by atoms with Crippen molar-refractivity contribution in [2.75, 3.05) is 0 Å². The highest BCUT2D eigenvalue weighted by atomic mass is 19.1. The third-order valence-corrected chi connectivity index (χ3v) is 3.74. The lowest BCUT2D eigenvalue weighted by Crippen LogP contribution is -2.15. The molecule has 0 bridgehead atoms. The van der Waals surface area contributed by atoms with Crippen molar-refractivity contribution in [1.82, 2.24) is 0 Å². The van der Waals surface area contributed by atoms with Gasteiger partial charge in [0.25, 0.3) is 0 Å². The van der Waals surface area contributed by atoms with Crippen LogP contribution in [-0.2, 0) is 6.42 Å². The highest BCUT2D eigenvalue weighted by Crippen LogP contribution is 2.29. The fourth-order valence-corrected chi connectivity index (χ4v) is 2.54. The molecular weight excluding hydrogens is 199 g/mol. The largest absolute Gasteiger partial charge is 0.247 e. The van der Waals surface area contributed by atoms with Gasteiger partial charge in [-0.3, -0.25) is 0 Å². The average molecular weight is 220 g/mol. The first-order valence-electron chi connectivity index (χ1n) is 6.43. The Bertz CT molecular complexity index is 307. The van der Waals surface area contributed by atoms with E-state index >= 15 is 0 Å². The van der Waals surface area contributed by atoms with Gasteiger partial charge in [-0.25, -0.2) is 4.39 Å². The molecule has 1 aliphatic carbocycles. The number of alkyl halides is 1. The lowest BCUT2D eigenvalue weighted by atomic mass is 9.84. The van der Waals surface area contributed by atoms with Gasteiger partial charge in [-0.05, 0) is 56.9 Å². The smallest absolute Gasteiger partial charge is 0.100 e. The lowest BCUT2D eigenvalue weighted by Gasteiger charge is -2.24. The van der Waals surface area contributed by atoms with Crippen LogP contribution in [-0.4, -0.2) is 6.17 Å². The maximum atomic E-state index is 13.0. The van der Waals surface area contributed by atoms with E-state index in [1.54, 1.807) is 0 Å². The normalized spacial score (nSPS) is 25.6. The van der Waals surface area contributed by atoms with Crippen molar-refractivity contribution in [3.8, 4) is 0 Å². The fraction of sp³-hybridized carbons (Fsp3) is 0.600. The van der Waals surface area contributed by atoms with Gasteiger partial charge in [0.15, 0.2) is 0 Å². The van der Waals surface area contributed by atoms with E-state index in [-0.39, 0.29) is 0 Å². The van der Waals surface area contributed by atoms with E-state index in [0.717, 1.165) is 38.0 Å². The average Bonchev–Trinajstić information content (AvgIpc) is 2.30. The van der Waals surface area contributed by atoms with Gasteiger partial charge in [-0.2, -0.15) is 0 Å². The summed E-state index contributed by atoms with van der Waals surface area (Å²) in [7, 11) is 0. The molecule has 1 aliphatic rings. The Hall–Kier alpha value is -0.850. The Morgan fingerprint density at radius 1 is 1.06 bits per heavy atom. The molecule has 0 spiro atoms. The molecule has 1 saturated carbocycles. The first kappa shape index (κ1) is 11.6. The molecule has 0 atom stereocenters. The molecule has 0 unspecified atom stereocenters. The van der Waals surface area contributed by atoms with E-state index < -0.39 is 6.17 Å². The molecule has 0 saturated heterocycles. The number of hydrogen-bond acceptors (Lipinski definition) is 0. The third kappa shape index (κ3) is 3.33. The Kier molecular flexibility index (Phi) is 3.98. The van der Waals surface area contributed by atoms with Crippen LogP contribution >= 0.6 is 0 Å². The maximum Gasteiger partial charge on any atom is 0.100 e. The number of halogens is 1. The van der Waals surface area contributed by atoms with Crippen LogP contribution < -0.4 is 0 Å². The van der Waals surface area contributed by atoms with Gasteiger partial charge in [0.2, 0.25) is 0 Å². The van der Waals surface area contributed by atoms with Crippen LogP contribution in [0.25, 0.3) is 0 Å². The van der Waals surface area contributed by atoms with Crippen LogP contribution in [0.5, 0.6) is 0 Å². The van der Waals surface area contributed by atoms with Gasteiger partial charge >= 0.3 is 0 Å². The topological polar surface area (TPSA) is 0 Å². The first-order valence-corrected chi connectivity index (χ1v) is 6.43. The van der Waals surface area contributed by atoms with Gasteiger partial charge in [0.05, 0.1) is 0 Å². The summed E-state index contributed by atoms with van der Waals surface area (Å²) in [6, 6.07) is 8.79. The Morgan fingerprint density at radius 3 is 2.31 bits per heavy atom. The quantitative estimate of drug-likeness (QED) is 0.705. The van der Waals surface area contributed by atoms with Crippen LogP contribution in [0.1, 0.15) is 43.2 Å². The molecule has 1 aromatic carbocycles. The summed E-state index contributed by atoms with van der Waals surface area (Å²) in [5.74, 6) is 0.758. The van der Waals surface area contributed by atoms with E-state index in [4.69, 9.17) is 0 Å². The van der Waals surface area contributed by atoms with Gasteiger partial charge in [0.1, 0.15) is 6.17 Å². The van der Waals surface area contributed by atoms with Gasteiger partial charge in [-0.15, -0.1) is 0 Å². The molecule has 0 aliphatic heterocycles. The summed E-state index contributed by atoms with van der Waals surface area (Å²) >= 11 is 0. The zero-order valence-electron chi connectivity index (χ0n) is 10.1. The van der Waals surface area contributed by atoms with E-state index in [9.17, 15) is 4.39 Å². The van der Waals surface area contributed by atoms with Gasteiger partial charge in [-0.1, -0.05) is 29.8 Å². The molecule has 1 aromatic rings. The van der Waals surface area contributed by atoms with Crippen LogP contribution in [0.3, 0.4) is 0 Å². The Morgan fingerprint density at radius 2 is 1.69 bits per heavy atom. The lowest BCUT2D eigenvalue weighted by molar-refractivity contribution is 0.201. The van der Waals surface area contributed by atoms with E-state index in [1.807, 2.05) is 0 Å². The number of hydrogen-bond donors (Lipinski definition) is 0. The van der Waals surface area contributed by atoms with Crippen LogP contribution in [0.2, 0.25) is 0 Å². The molecule has 1 heteroatoms. The molecule has 88 valence electrons. The number of rotatable bonds is 3. The Labute approximate surface area is 97.9 Å². The van der Waals surface area contributed by atoms with E-state index in [1.165, 1.54) is 17.5 Å². The monoisotopic (exact) mass is 220 g/mol. The summed E-state index contributed by atoms with van der Waals surface area (Å²) in [6.07, 6.45) is 5.63. The Balaban J connectivity index is 1.77. The minimum Gasteiger partial charge on any atom is -0.247 e. The minimum atomic E-state index is -0.518. The molecule has 2 rings (SSSR count). The highest BCUT2D eigenvalue weighted by Gasteiger charge is 2.19. The van der Waals surface area contributed by atoms with Gasteiger partial charge in [0, 0.05) is 0 Å². The molecule has 0 nitrogen and oxygen atoms in total. The fourth-order valence-electron chi connectivity index (χ4n) is 2.54. The van der Waals surface area contributed by atoms with Crippen molar-refractivity contribution in [3.63, 3.8) is 0 Å². The van der Waals surface area contributed by atoms with E-state index in [0.29, 0.717) is 0 Å². The SMILES string of the molecule is Cc1ccc(CCC2CCC(F)CC2)cc1. The second kappa shape index (κ2) is 5.47. The first-order chi connectivity index (χ1) is 7.74. The molecule has 0 amide bonds. The van der Waals surface area contributed by atoms with Crippen molar-refractivity contribution < 1.29 is 4.39 Å². The second-order valence-corrected chi connectivity index (χ2v) is 5.14. The molecule has 0 radical (unpaired) electrons. The number of aryl methyl sites for hydroxylation is 2. The maximum absolute atomic E-state index is 13.0. The minimum absolute atomic E-state index is 0.518. The molecule has 0 heterocycles. The molecule has 0 aromatic heterocycles. The predicted molar refractivity (Wildman–Crippen MR) is 66.4 cm³/mol. The van der Waals surface area contributed by atoms with Crippen molar-refractivity contribution in [2.45, 2.75) is 51.6 Å². The zero-order valence-corrected chi connectivity index (χ0v) is 10.1. The van der Waals surface area contributed by atoms with Crippen LogP contribution in [0.4, 0.5) is 4.39 Å². The summed E-state index contributed by atoms with van der Waals surface area (Å²) in [6.45, 7) is 2.12. The molecule has 1 fully saturated rings. The van der Waals surface area contributed by atoms with Gasteiger partial charge < -0.3 is 0 Å². The highest BCUT2D eigenvalue weighted by molar-refractivity contribution is 5.21. The zero-order chi connectivity index (χ0) is 11.4. The molecule has 0 N–H and O–H groups in total. The van der Waals surface area contributed by atoms with Crippen LogP contribution in [0, 0.1) is 12.8 Å². The van der Waals surface area contributed by atoms with Crippen LogP contribution in [0.15, 0.2) is 24.3 Å². The summed E-state index contributed by atoms with van der Waals surface area (Å²) < 4.78 is 13.0. The second-order valence-electron chi connectivity index (χ2n) is 5.14. The summed E-state index contributed by atoms with van der Waals surface area (Å²) in [4.78, 5) is 0.